The van der Waals surface area contributed by atoms with Crippen LogP contribution in [-0.4, -0.2) is 19.3 Å². The van der Waals surface area contributed by atoms with E-state index in [0.717, 1.165) is 22.4 Å². The van der Waals surface area contributed by atoms with E-state index in [-0.39, 0.29) is 10.1 Å². The summed E-state index contributed by atoms with van der Waals surface area (Å²) in [5.41, 5.74) is 0. The van der Waals surface area contributed by atoms with Crippen LogP contribution in [-0.2, 0) is 20.4 Å². The van der Waals surface area contributed by atoms with Crippen molar-refractivity contribution in [1.29, 1.82) is 0 Å². The highest BCUT2D eigenvalue weighted by atomic mass is 35.7. The van der Waals surface area contributed by atoms with Crippen LogP contribution in [0.15, 0.2) is 27.9 Å². The molecule has 0 unspecified atom stereocenters. The maximum atomic E-state index is 11.6. The zero-order chi connectivity index (χ0) is 14.0. The third-order valence-corrected chi connectivity index (χ3v) is 6.16. The number of nitrogens with zero attached hydrogens (tertiary/aromatic N) is 2. The minimum atomic E-state index is -3.81. The summed E-state index contributed by atoms with van der Waals surface area (Å²) >= 11 is 2.39. The van der Waals surface area contributed by atoms with Crippen LogP contribution in [0, 0.1) is 0 Å². The molecule has 0 aliphatic heterocycles. The van der Waals surface area contributed by atoms with Crippen LogP contribution in [0.5, 0.6) is 0 Å². The van der Waals surface area contributed by atoms with E-state index >= 15 is 0 Å². The minimum absolute atomic E-state index is 0.0680. The van der Waals surface area contributed by atoms with Crippen molar-refractivity contribution in [3.05, 3.63) is 28.6 Å². The van der Waals surface area contributed by atoms with Gasteiger partial charge >= 0.3 is 0 Å². The van der Waals surface area contributed by atoms with Gasteiger partial charge in [-0.3, -0.25) is 9.69 Å². The van der Waals surface area contributed by atoms with Crippen LogP contribution in [0.4, 0.5) is 5.13 Å². The summed E-state index contributed by atoms with van der Waals surface area (Å²) in [4.78, 5) is 18.0. The maximum Gasteiger partial charge on any atom is 0.272 e. The van der Waals surface area contributed by atoms with Crippen molar-refractivity contribution in [2.24, 2.45) is 0 Å². The van der Waals surface area contributed by atoms with Crippen LogP contribution in [0.1, 0.15) is 11.8 Å². The van der Waals surface area contributed by atoms with Gasteiger partial charge in [-0.25, -0.2) is 13.4 Å². The predicted molar refractivity (Wildman–Crippen MR) is 76.3 cm³/mol. The number of aromatic nitrogens is 1. The first kappa shape index (κ1) is 14.4. The molecule has 0 saturated heterocycles. The maximum absolute atomic E-state index is 11.6. The van der Waals surface area contributed by atoms with Gasteiger partial charge in [0.2, 0.25) is 5.91 Å². The fourth-order valence-corrected chi connectivity index (χ4v) is 3.95. The molecule has 2 rings (SSSR count). The second-order valence-electron chi connectivity index (χ2n) is 3.58. The molecule has 0 aromatic carbocycles. The third kappa shape index (κ3) is 3.53. The van der Waals surface area contributed by atoms with Gasteiger partial charge in [0, 0.05) is 22.5 Å². The number of halogens is 1. The first-order valence-corrected chi connectivity index (χ1v) is 9.09. The predicted octanol–water partition coefficient (Wildman–Crippen LogP) is 2.69. The summed E-state index contributed by atoms with van der Waals surface area (Å²) < 4.78 is 22.3. The van der Waals surface area contributed by atoms with Crippen molar-refractivity contribution in [1.82, 2.24) is 4.98 Å². The number of anilines is 1. The van der Waals surface area contributed by atoms with Crippen LogP contribution in [0.3, 0.4) is 0 Å². The molecule has 0 N–H and O–H groups in total. The highest BCUT2D eigenvalue weighted by Crippen LogP contribution is 2.29. The standard InChI is InChI=1S/C10H9ClN2O3S3/c1-7(14)13(6-8-3-2-4-17-8)10-12-5-9(18-10)19(11,15)16/h2-5H,6H2,1H3. The fourth-order valence-electron chi connectivity index (χ4n) is 1.36. The number of carbonyl (C=O) groups excluding carboxylic acids is 1. The molecule has 0 saturated carbocycles. The van der Waals surface area contributed by atoms with Gasteiger partial charge < -0.3 is 0 Å². The second kappa shape index (κ2) is 5.58. The Morgan fingerprint density at radius 1 is 1.53 bits per heavy atom. The number of thiazole rings is 1. The Kier molecular flexibility index (Phi) is 4.24. The van der Waals surface area contributed by atoms with E-state index < -0.39 is 9.05 Å². The van der Waals surface area contributed by atoms with Gasteiger partial charge in [-0.05, 0) is 11.4 Å². The summed E-state index contributed by atoms with van der Waals surface area (Å²) in [5.74, 6) is -0.207. The van der Waals surface area contributed by atoms with Gasteiger partial charge in [-0.2, -0.15) is 0 Å². The summed E-state index contributed by atoms with van der Waals surface area (Å²) in [6.07, 6.45) is 1.16. The van der Waals surface area contributed by atoms with Crippen LogP contribution >= 0.6 is 33.4 Å². The van der Waals surface area contributed by atoms with Crippen molar-refractivity contribution in [2.45, 2.75) is 17.7 Å². The molecule has 0 bridgehead atoms. The molecule has 5 nitrogen and oxygen atoms in total. The Morgan fingerprint density at radius 2 is 2.26 bits per heavy atom. The van der Waals surface area contributed by atoms with E-state index in [4.69, 9.17) is 10.7 Å². The Hall–Kier alpha value is -0.960. The molecule has 102 valence electrons. The van der Waals surface area contributed by atoms with Crippen molar-refractivity contribution in [3.8, 4) is 0 Å². The van der Waals surface area contributed by atoms with E-state index in [2.05, 4.69) is 4.98 Å². The quantitative estimate of drug-likeness (QED) is 0.805. The molecule has 0 aliphatic carbocycles. The molecule has 0 aliphatic rings. The lowest BCUT2D eigenvalue weighted by atomic mass is 10.4. The van der Waals surface area contributed by atoms with Gasteiger partial charge in [-0.1, -0.05) is 17.4 Å². The lowest BCUT2D eigenvalue weighted by Crippen LogP contribution is -2.27. The number of hydrogen-bond acceptors (Lipinski definition) is 6. The molecule has 2 aromatic rings. The molecule has 1 amide bonds. The Labute approximate surface area is 122 Å². The van der Waals surface area contributed by atoms with Gasteiger partial charge in [0.05, 0.1) is 12.7 Å². The summed E-state index contributed by atoms with van der Waals surface area (Å²) in [6, 6.07) is 3.78. The zero-order valence-corrected chi connectivity index (χ0v) is 12.9. The average molecular weight is 337 g/mol. The summed E-state index contributed by atoms with van der Waals surface area (Å²) in [6.45, 7) is 1.77. The van der Waals surface area contributed by atoms with Gasteiger partial charge in [0.1, 0.15) is 0 Å². The highest BCUT2D eigenvalue weighted by Gasteiger charge is 2.20. The Balaban J connectivity index is 2.30. The number of hydrogen-bond donors (Lipinski definition) is 0. The zero-order valence-electron chi connectivity index (χ0n) is 9.74. The van der Waals surface area contributed by atoms with Gasteiger partial charge in [0.25, 0.3) is 9.05 Å². The van der Waals surface area contributed by atoms with Crippen LogP contribution in [0.25, 0.3) is 0 Å². The normalized spacial score (nSPS) is 11.5. The van der Waals surface area contributed by atoms with E-state index in [1.807, 2.05) is 17.5 Å². The van der Waals surface area contributed by atoms with E-state index in [1.54, 1.807) is 0 Å². The van der Waals surface area contributed by atoms with Crippen molar-refractivity contribution < 1.29 is 13.2 Å². The Bertz CT molecular complexity index is 679. The van der Waals surface area contributed by atoms with Gasteiger partial charge in [0.15, 0.2) is 9.34 Å². The lowest BCUT2D eigenvalue weighted by Gasteiger charge is -2.16. The summed E-state index contributed by atoms with van der Waals surface area (Å²) in [5, 5.41) is 2.23. The molecule has 0 radical (unpaired) electrons. The smallest absolute Gasteiger partial charge is 0.272 e. The van der Waals surface area contributed by atoms with Crippen LogP contribution in [0.2, 0.25) is 0 Å². The SMILES string of the molecule is CC(=O)N(Cc1cccs1)c1ncc(S(=O)(=O)Cl)s1. The molecule has 9 heteroatoms. The largest absolute Gasteiger partial charge is 0.283 e. The molecule has 2 heterocycles. The monoisotopic (exact) mass is 336 g/mol. The van der Waals surface area contributed by atoms with E-state index in [9.17, 15) is 13.2 Å². The van der Waals surface area contributed by atoms with E-state index in [0.29, 0.717) is 11.7 Å². The molecule has 0 atom stereocenters. The van der Waals surface area contributed by atoms with Crippen molar-refractivity contribution in [3.63, 3.8) is 0 Å². The first-order chi connectivity index (χ1) is 8.88. The van der Waals surface area contributed by atoms with Gasteiger partial charge in [-0.15, -0.1) is 11.3 Å². The molecule has 19 heavy (non-hydrogen) atoms. The first-order valence-electron chi connectivity index (χ1n) is 5.09. The minimum Gasteiger partial charge on any atom is -0.283 e. The molecule has 0 spiro atoms. The van der Waals surface area contributed by atoms with Crippen LogP contribution < -0.4 is 4.90 Å². The topological polar surface area (TPSA) is 67.3 Å². The van der Waals surface area contributed by atoms with Crippen molar-refractivity contribution in [2.75, 3.05) is 4.90 Å². The fraction of sp³-hybridized carbons (Fsp3) is 0.200. The number of carbonyl (C=O) groups is 1. The van der Waals surface area contributed by atoms with E-state index in [1.165, 1.54) is 23.2 Å². The molecule has 0 fully saturated rings. The molecular formula is C10H9ClN2O3S3. The second-order valence-corrected chi connectivity index (χ2v) is 8.42. The highest BCUT2D eigenvalue weighted by molar-refractivity contribution is 8.15. The molecular weight excluding hydrogens is 328 g/mol. The number of rotatable bonds is 4. The number of amides is 1. The lowest BCUT2D eigenvalue weighted by molar-refractivity contribution is -0.116. The Morgan fingerprint density at radius 3 is 2.74 bits per heavy atom. The summed E-state index contributed by atoms with van der Waals surface area (Å²) in [7, 11) is 1.43. The number of thiophene rings is 1. The van der Waals surface area contributed by atoms with Crippen molar-refractivity contribution >= 4 is 53.4 Å². The average Bonchev–Trinajstić information content (AvgIpc) is 2.95. The third-order valence-electron chi connectivity index (χ3n) is 2.22. The molecule has 2 aromatic heterocycles.